The number of piperazine rings is 1. The third-order valence-electron chi connectivity index (χ3n) is 6.28. The predicted octanol–water partition coefficient (Wildman–Crippen LogP) is 3.83. The highest BCUT2D eigenvalue weighted by Crippen LogP contribution is 2.29. The van der Waals surface area contributed by atoms with Crippen LogP contribution in [0.4, 0.5) is 0 Å². The molecular weight excluding hydrogens is 460 g/mol. The second-order valence-corrected chi connectivity index (χ2v) is 9.19. The molecule has 1 saturated heterocycles. The minimum absolute atomic E-state index is 0.184. The normalized spacial score (nSPS) is 14.6. The molecule has 1 heterocycles. The Morgan fingerprint density at radius 2 is 1.29 bits per heavy atom. The Morgan fingerprint density at radius 3 is 1.86 bits per heavy atom. The van der Waals surface area contributed by atoms with Gasteiger partial charge in [0.2, 0.25) is 11.8 Å². The van der Waals surface area contributed by atoms with Crippen molar-refractivity contribution >= 4 is 23.4 Å². The first kappa shape index (κ1) is 24.9. The first-order valence-corrected chi connectivity index (χ1v) is 12.3. The fraction of sp³-hybridized carbons (Fsp3) is 0.286. The number of hydrazine groups is 1. The summed E-state index contributed by atoms with van der Waals surface area (Å²) in [7, 11) is 0. The fourth-order valence-corrected chi connectivity index (χ4v) is 4.55. The number of benzene rings is 3. The predicted molar refractivity (Wildman–Crippen MR) is 139 cm³/mol. The number of amides is 2. The van der Waals surface area contributed by atoms with Crippen LogP contribution in [0.25, 0.3) is 0 Å². The molecule has 0 bridgehead atoms. The van der Waals surface area contributed by atoms with E-state index in [0.29, 0.717) is 18.0 Å². The molecule has 7 heteroatoms. The molecule has 0 aliphatic carbocycles. The van der Waals surface area contributed by atoms with Gasteiger partial charge >= 0.3 is 0 Å². The summed E-state index contributed by atoms with van der Waals surface area (Å²) in [5.74, 6) is -0.453. The molecule has 182 valence electrons. The molecule has 0 spiro atoms. The molecule has 1 fully saturated rings. The molecule has 4 rings (SSSR count). The van der Waals surface area contributed by atoms with Crippen LogP contribution in [0.2, 0.25) is 5.02 Å². The molecule has 0 radical (unpaired) electrons. The number of carbonyl (C=O) groups excluding carboxylic acids is 2. The lowest BCUT2D eigenvalue weighted by Gasteiger charge is -2.39. The Kier molecular flexibility index (Phi) is 8.90. The molecule has 2 N–H and O–H groups in total. The van der Waals surface area contributed by atoms with E-state index in [0.717, 1.165) is 31.7 Å². The lowest BCUT2D eigenvalue weighted by atomic mass is 9.96. The first-order chi connectivity index (χ1) is 17.1. The largest absolute Gasteiger partial charge is 0.300 e. The van der Waals surface area contributed by atoms with Crippen LogP contribution in [0.3, 0.4) is 0 Å². The zero-order valence-electron chi connectivity index (χ0n) is 19.7. The van der Waals surface area contributed by atoms with E-state index in [2.05, 4.69) is 81.3 Å². The number of hydrogen-bond acceptors (Lipinski definition) is 4. The van der Waals surface area contributed by atoms with E-state index in [1.54, 1.807) is 24.3 Å². The number of carbonyl (C=O) groups is 2. The smallest absolute Gasteiger partial charge is 0.242 e. The van der Waals surface area contributed by atoms with Crippen molar-refractivity contribution in [2.75, 3.05) is 32.7 Å². The number of halogens is 1. The maximum atomic E-state index is 12.2. The van der Waals surface area contributed by atoms with Gasteiger partial charge in [0, 0.05) is 44.2 Å². The number of nitrogens with one attached hydrogen (secondary N) is 2. The highest BCUT2D eigenvalue weighted by molar-refractivity contribution is 6.30. The van der Waals surface area contributed by atoms with Gasteiger partial charge < -0.3 is 4.90 Å². The van der Waals surface area contributed by atoms with Gasteiger partial charge in [-0.15, -0.1) is 0 Å². The van der Waals surface area contributed by atoms with Gasteiger partial charge in [-0.05, 0) is 28.8 Å². The van der Waals surface area contributed by atoms with E-state index >= 15 is 0 Å². The first-order valence-electron chi connectivity index (χ1n) is 12.0. The average Bonchev–Trinajstić information content (AvgIpc) is 2.90. The van der Waals surface area contributed by atoms with Crippen molar-refractivity contribution in [2.45, 2.75) is 18.9 Å². The second-order valence-electron chi connectivity index (χ2n) is 8.75. The maximum Gasteiger partial charge on any atom is 0.242 e. The van der Waals surface area contributed by atoms with Crippen LogP contribution in [0.5, 0.6) is 0 Å². The van der Waals surface area contributed by atoms with Gasteiger partial charge in [0.15, 0.2) is 0 Å². The summed E-state index contributed by atoms with van der Waals surface area (Å²) in [6.07, 6.45) is 0.519. The standard InChI is InChI=1S/C28H31ClN4O2/c29-25-13-11-22(12-14-25)21-27(35)31-30-26(34)15-16-32-17-19-33(20-18-32)28(23-7-3-1-4-8-23)24-9-5-2-6-10-24/h1-14,28H,15-21H2,(H,30,34)(H,31,35). The van der Waals surface area contributed by atoms with Gasteiger partial charge in [0.1, 0.15) is 0 Å². The van der Waals surface area contributed by atoms with E-state index in [-0.39, 0.29) is 24.3 Å². The quantitative estimate of drug-likeness (QED) is 0.471. The number of hydrogen-bond donors (Lipinski definition) is 2. The minimum atomic E-state index is -0.262. The van der Waals surface area contributed by atoms with Crippen LogP contribution >= 0.6 is 11.6 Å². The van der Waals surface area contributed by atoms with Crippen LogP contribution in [-0.2, 0) is 16.0 Å². The van der Waals surface area contributed by atoms with Crippen LogP contribution in [0.1, 0.15) is 29.2 Å². The van der Waals surface area contributed by atoms with Gasteiger partial charge in [-0.25, -0.2) is 0 Å². The lowest BCUT2D eigenvalue weighted by Crippen LogP contribution is -2.49. The molecule has 0 aromatic heterocycles. The van der Waals surface area contributed by atoms with Crippen molar-refractivity contribution in [3.05, 3.63) is 107 Å². The Balaban J connectivity index is 1.21. The van der Waals surface area contributed by atoms with Crippen LogP contribution in [-0.4, -0.2) is 54.3 Å². The molecule has 2 amide bonds. The van der Waals surface area contributed by atoms with Crippen molar-refractivity contribution in [1.29, 1.82) is 0 Å². The molecular formula is C28H31ClN4O2. The van der Waals surface area contributed by atoms with Crippen LogP contribution in [0.15, 0.2) is 84.9 Å². The van der Waals surface area contributed by atoms with E-state index in [1.807, 2.05) is 0 Å². The Labute approximate surface area is 211 Å². The molecule has 35 heavy (non-hydrogen) atoms. The molecule has 0 saturated carbocycles. The summed E-state index contributed by atoms with van der Waals surface area (Å²) < 4.78 is 0. The summed E-state index contributed by atoms with van der Waals surface area (Å²) in [5.41, 5.74) is 8.44. The summed E-state index contributed by atoms with van der Waals surface area (Å²) in [5, 5.41) is 0.624. The average molecular weight is 491 g/mol. The Hall–Kier alpha value is -3.19. The van der Waals surface area contributed by atoms with E-state index in [9.17, 15) is 9.59 Å². The summed E-state index contributed by atoms with van der Waals surface area (Å²) in [6, 6.07) is 28.5. The third kappa shape index (κ3) is 7.39. The molecule has 3 aromatic rings. The summed E-state index contributed by atoms with van der Waals surface area (Å²) in [6.45, 7) is 4.30. The highest BCUT2D eigenvalue weighted by atomic mass is 35.5. The summed E-state index contributed by atoms with van der Waals surface area (Å²) >= 11 is 5.87. The number of nitrogens with zero attached hydrogens (tertiary/aromatic N) is 2. The highest BCUT2D eigenvalue weighted by Gasteiger charge is 2.26. The molecule has 6 nitrogen and oxygen atoms in total. The monoisotopic (exact) mass is 490 g/mol. The van der Waals surface area contributed by atoms with Crippen LogP contribution < -0.4 is 10.9 Å². The van der Waals surface area contributed by atoms with Crippen molar-refractivity contribution in [2.24, 2.45) is 0 Å². The van der Waals surface area contributed by atoms with Gasteiger partial charge in [0.05, 0.1) is 12.5 Å². The molecule has 1 aliphatic heterocycles. The van der Waals surface area contributed by atoms with E-state index < -0.39 is 0 Å². The molecule has 3 aromatic carbocycles. The van der Waals surface area contributed by atoms with Gasteiger partial charge in [0.25, 0.3) is 0 Å². The summed E-state index contributed by atoms with van der Waals surface area (Å²) in [4.78, 5) is 29.1. The topological polar surface area (TPSA) is 64.7 Å². The second kappa shape index (κ2) is 12.5. The van der Waals surface area contributed by atoms with Gasteiger partial charge in [-0.2, -0.15) is 0 Å². The molecule has 0 unspecified atom stereocenters. The van der Waals surface area contributed by atoms with E-state index in [4.69, 9.17) is 11.6 Å². The zero-order chi connectivity index (χ0) is 24.5. The fourth-order valence-electron chi connectivity index (χ4n) is 4.42. The molecule has 0 atom stereocenters. The van der Waals surface area contributed by atoms with Gasteiger partial charge in [-0.1, -0.05) is 84.4 Å². The zero-order valence-corrected chi connectivity index (χ0v) is 20.5. The maximum absolute atomic E-state index is 12.2. The van der Waals surface area contributed by atoms with Crippen molar-refractivity contribution in [1.82, 2.24) is 20.7 Å². The Bertz CT molecular complexity index is 1050. The molecule has 1 aliphatic rings. The van der Waals surface area contributed by atoms with Crippen molar-refractivity contribution in [3.8, 4) is 0 Å². The Morgan fingerprint density at radius 1 is 0.743 bits per heavy atom. The van der Waals surface area contributed by atoms with E-state index in [1.165, 1.54) is 11.1 Å². The third-order valence-corrected chi connectivity index (χ3v) is 6.53. The SMILES string of the molecule is O=C(CCN1CCN(C(c2ccccc2)c2ccccc2)CC1)NNC(=O)Cc1ccc(Cl)cc1. The minimum Gasteiger partial charge on any atom is -0.300 e. The lowest BCUT2D eigenvalue weighted by molar-refractivity contribution is -0.128. The van der Waals surface area contributed by atoms with Gasteiger partial charge in [-0.3, -0.25) is 25.3 Å². The number of rotatable bonds is 8. The van der Waals surface area contributed by atoms with Crippen LogP contribution in [0, 0.1) is 0 Å². The van der Waals surface area contributed by atoms with Crippen molar-refractivity contribution in [3.63, 3.8) is 0 Å². The van der Waals surface area contributed by atoms with Crippen molar-refractivity contribution < 1.29 is 9.59 Å².